The molecular formula is C18H16N2. The van der Waals surface area contributed by atoms with Crippen LogP contribution in [0, 0.1) is 0 Å². The summed E-state index contributed by atoms with van der Waals surface area (Å²) >= 11 is 0. The zero-order valence-electron chi connectivity index (χ0n) is 11.3. The van der Waals surface area contributed by atoms with Crippen LogP contribution in [0.4, 0.5) is 0 Å². The first-order valence-electron chi connectivity index (χ1n) is 7.43. The van der Waals surface area contributed by atoms with Gasteiger partial charge in [-0.3, -0.25) is 0 Å². The Kier molecular flexibility index (Phi) is 1.93. The van der Waals surface area contributed by atoms with E-state index in [0.29, 0.717) is 0 Å². The second-order valence-electron chi connectivity index (χ2n) is 5.83. The number of fused-ring (bicyclic) bond motifs is 7. The molecule has 0 aliphatic heterocycles. The van der Waals surface area contributed by atoms with Crippen molar-refractivity contribution in [2.45, 2.75) is 25.7 Å². The maximum atomic E-state index is 3.70. The lowest BCUT2D eigenvalue weighted by atomic mass is 9.98. The number of aromatic amines is 2. The first-order chi connectivity index (χ1) is 9.92. The van der Waals surface area contributed by atoms with Crippen molar-refractivity contribution in [3.05, 3.63) is 46.8 Å². The Morgan fingerprint density at radius 1 is 0.900 bits per heavy atom. The molecule has 0 atom stereocenters. The van der Waals surface area contributed by atoms with E-state index in [1.165, 1.54) is 44.3 Å². The molecule has 2 aliphatic rings. The molecule has 98 valence electrons. The Balaban J connectivity index is 1.96. The zero-order chi connectivity index (χ0) is 13.1. The lowest BCUT2D eigenvalue weighted by Crippen LogP contribution is -1.91. The standard InChI is InChI=1S/C18H16N2/c1-3-7-14-11(5-1)12-9-10-16-17(18(12)20-14)13-6-2-4-8-15(13)19-16/h1,4-5,8-10,19-20H,2-3,6-7H2. The van der Waals surface area contributed by atoms with Gasteiger partial charge in [0.1, 0.15) is 0 Å². The van der Waals surface area contributed by atoms with E-state index in [1.807, 2.05) is 0 Å². The molecule has 2 heteroatoms. The van der Waals surface area contributed by atoms with Gasteiger partial charge in [-0.1, -0.05) is 24.3 Å². The van der Waals surface area contributed by atoms with Gasteiger partial charge in [0.05, 0.1) is 5.52 Å². The van der Waals surface area contributed by atoms with Crippen LogP contribution in [0.15, 0.2) is 24.3 Å². The van der Waals surface area contributed by atoms with E-state index in [9.17, 15) is 0 Å². The highest BCUT2D eigenvalue weighted by Gasteiger charge is 2.18. The third kappa shape index (κ3) is 1.24. The van der Waals surface area contributed by atoms with Crippen LogP contribution in [0.3, 0.4) is 0 Å². The third-order valence-corrected chi connectivity index (χ3v) is 4.68. The molecule has 1 aromatic carbocycles. The summed E-state index contributed by atoms with van der Waals surface area (Å²) in [6.45, 7) is 0. The van der Waals surface area contributed by atoms with Crippen molar-refractivity contribution in [2.75, 3.05) is 0 Å². The van der Waals surface area contributed by atoms with Crippen LogP contribution >= 0.6 is 0 Å². The summed E-state index contributed by atoms with van der Waals surface area (Å²) < 4.78 is 0. The smallest absolute Gasteiger partial charge is 0.0560 e. The quantitative estimate of drug-likeness (QED) is 0.593. The molecule has 2 heterocycles. The number of hydrogen-bond acceptors (Lipinski definition) is 0. The summed E-state index contributed by atoms with van der Waals surface area (Å²) in [6.07, 6.45) is 13.6. The van der Waals surface area contributed by atoms with Gasteiger partial charge in [0.25, 0.3) is 0 Å². The van der Waals surface area contributed by atoms with E-state index < -0.39 is 0 Å². The zero-order valence-corrected chi connectivity index (χ0v) is 11.3. The van der Waals surface area contributed by atoms with E-state index in [1.54, 1.807) is 0 Å². The molecule has 0 unspecified atom stereocenters. The number of aromatic nitrogens is 2. The second-order valence-corrected chi connectivity index (χ2v) is 5.83. The normalized spacial score (nSPS) is 16.8. The Labute approximate surface area is 117 Å². The van der Waals surface area contributed by atoms with Crippen LogP contribution < -0.4 is 0 Å². The van der Waals surface area contributed by atoms with Gasteiger partial charge < -0.3 is 9.97 Å². The summed E-state index contributed by atoms with van der Waals surface area (Å²) in [4.78, 5) is 7.26. The van der Waals surface area contributed by atoms with Crippen molar-refractivity contribution >= 4 is 34.0 Å². The van der Waals surface area contributed by atoms with Gasteiger partial charge in [-0.2, -0.15) is 0 Å². The van der Waals surface area contributed by atoms with Crippen LogP contribution in [0.1, 0.15) is 35.4 Å². The van der Waals surface area contributed by atoms with Crippen LogP contribution in [0.2, 0.25) is 0 Å². The summed E-state index contributed by atoms with van der Waals surface area (Å²) in [5.74, 6) is 0. The highest BCUT2D eigenvalue weighted by molar-refractivity contribution is 6.10. The Morgan fingerprint density at radius 3 is 2.80 bits per heavy atom. The molecule has 3 aromatic rings. The molecule has 0 spiro atoms. The first kappa shape index (κ1) is 10.6. The highest BCUT2D eigenvalue weighted by Crippen LogP contribution is 2.37. The highest BCUT2D eigenvalue weighted by atomic mass is 14.8. The fraction of sp³-hybridized carbons (Fsp3) is 0.222. The largest absolute Gasteiger partial charge is 0.357 e. The van der Waals surface area contributed by atoms with E-state index in [4.69, 9.17) is 0 Å². The monoisotopic (exact) mass is 260 g/mol. The van der Waals surface area contributed by atoms with Gasteiger partial charge in [0.2, 0.25) is 0 Å². The third-order valence-electron chi connectivity index (χ3n) is 4.68. The second kappa shape index (κ2) is 3.66. The SMILES string of the molecule is C1=Cc2c([nH]c3c2ccc2[nH]c4c(c23)CCC=C4)CC1. The number of rotatable bonds is 0. The van der Waals surface area contributed by atoms with Crippen LogP contribution in [0.5, 0.6) is 0 Å². The molecule has 2 aliphatic carbocycles. The number of benzene rings is 1. The average molecular weight is 260 g/mol. The molecule has 0 fully saturated rings. The van der Waals surface area contributed by atoms with Crippen molar-refractivity contribution in [1.29, 1.82) is 0 Å². The fourth-order valence-electron chi connectivity index (χ4n) is 3.76. The summed E-state index contributed by atoms with van der Waals surface area (Å²) in [5, 5.41) is 2.78. The summed E-state index contributed by atoms with van der Waals surface area (Å²) in [5.41, 5.74) is 8.16. The van der Waals surface area contributed by atoms with E-state index in [2.05, 4.69) is 46.4 Å². The van der Waals surface area contributed by atoms with Gasteiger partial charge in [0, 0.05) is 33.2 Å². The fourth-order valence-corrected chi connectivity index (χ4v) is 3.76. The van der Waals surface area contributed by atoms with Gasteiger partial charge in [0.15, 0.2) is 0 Å². The molecule has 0 saturated heterocycles. The summed E-state index contributed by atoms with van der Waals surface area (Å²) in [6, 6.07) is 4.49. The summed E-state index contributed by atoms with van der Waals surface area (Å²) in [7, 11) is 0. The lowest BCUT2D eigenvalue weighted by Gasteiger charge is -2.05. The minimum Gasteiger partial charge on any atom is -0.357 e. The van der Waals surface area contributed by atoms with Crippen LogP contribution in [-0.4, -0.2) is 9.97 Å². The van der Waals surface area contributed by atoms with Gasteiger partial charge in [-0.05, 0) is 43.4 Å². The van der Waals surface area contributed by atoms with Crippen LogP contribution in [-0.2, 0) is 12.8 Å². The Bertz CT molecular complexity index is 903. The predicted molar refractivity (Wildman–Crippen MR) is 84.9 cm³/mol. The molecule has 2 N–H and O–H groups in total. The number of nitrogens with one attached hydrogen (secondary N) is 2. The minimum absolute atomic E-state index is 1.13. The molecule has 0 radical (unpaired) electrons. The average Bonchev–Trinajstić information content (AvgIpc) is 3.04. The van der Waals surface area contributed by atoms with E-state index >= 15 is 0 Å². The Morgan fingerprint density at radius 2 is 1.80 bits per heavy atom. The number of hydrogen-bond donors (Lipinski definition) is 2. The molecule has 0 saturated carbocycles. The number of aryl methyl sites for hydroxylation is 2. The van der Waals surface area contributed by atoms with Crippen LogP contribution in [0.25, 0.3) is 34.0 Å². The first-order valence-corrected chi connectivity index (χ1v) is 7.43. The molecule has 2 aromatic heterocycles. The molecule has 5 rings (SSSR count). The van der Waals surface area contributed by atoms with Gasteiger partial charge >= 0.3 is 0 Å². The van der Waals surface area contributed by atoms with Crippen molar-refractivity contribution in [3.8, 4) is 0 Å². The maximum Gasteiger partial charge on any atom is 0.0560 e. The number of allylic oxidation sites excluding steroid dienone is 2. The molecule has 0 bridgehead atoms. The van der Waals surface area contributed by atoms with E-state index in [0.717, 1.165) is 25.7 Å². The molecular weight excluding hydrogens is 244 g/mol. The number of H-pyrrole nitrogens is 2. The van der Waals surface area contributed by atoms with Gasteiger partial charge in [-0.25, -0.2) is 0 Å². The van der Waals surface area contributed by atoms with E-state index in [-0.39, 0.29) is 0 Å². The topological polar surface area (TPSA) is 31.6 Å². The predicted octanol–water partition coefficient (Wildman–Crippen LogP) is 4.57. The Hall–Kier alpha value is -2.22. The minimum atomic E-state index is 1.13. The molecule has 0 amide bonds. The molecule has 20 heavy (non-hydrogen) atoms. The van der Waals surface area contributed by atoms with Crippen molar-refractivity contribution in [2.24, 2.45) is 0 Å². The van der Waals surface area contributed by atoms with Crippen molar-refractivity contribution in [1.82, 2.24) is 9.97 Å². The lowest BCUT2D eigenvalue weighted by molar-refractivity contribution is 0.951. The van der Waals surface area contributed by atoms with Crippen molar-refractivity contribution < 1.29 is 0 Å². The molecule has 2 nitrogen and oxygen atoms in total. The van der Waals surface area contributed by atoms with Gasteiger partial charge in [-0.15, -0.1) is 0 Å². The maximum absolute atomic E-state index is 3.70. The van der Waals surface area contributed by atoms with Crippen molar-refractivity contribution in [3.63, 3.8) is 0 Å².